The number of nitrogens with one attached hydrogen (secondary N) is 1. The monoisotopic (exact) mass is 372 g/mol. The first-order chi connectivity index (χ1) is 13.8. The number of likely N-dealkylation sites (tertiary alicyclic amines) is 1. The minimum atomic E-state index is 0.568. The van der Waals surface area contributed by atoms with Gasteiger partial charge in [-0.2, -0.15) is 0 Å². The zero-order chi connectivity index (χ0) is 18.9. The van der Waals surface area contributed by atoms with Gasteiger partial charge in [0.05, 0.1) is 12.1 Å². The molecule has 0 amide bonds. The molecule has 1 fully saturated rings. The quantitative estimate of drug-likeness (QED) is 0.696. The Morgan fingerprint density at radius 2 is 2.14 bits per heavy atom. The minimum Gasteiger partial charge on any atom is -0.368 e. The van der Waals surface area contributed by atoms with E-state index in [2.05, 4.69) is 44.2 Å². The van der Waals surface area contributed by atoms with Crippen LogP contribution in [0.1, 0.15) is 25.3 Å². The van der Waals surface area contributed by atoms with Crippen molar-refractivity contribution in [2.45, 2.75) is 25.8 Å². The van der Waals surface area contributed by atoms with Crippen LogP contribution in [0.2, 0.25) is 0 Å². The van der Waals surface area contributed by atoms with Crippen molar-refractivity contribution in [1.29, 1.82) is 0 Å². The number of para-hydroxylation sites is 1. The van der Waals surface area contributed by atoms with Crippen molar-refractivity contribution in [1.82, 2.24) is 14.9 Å². The normalized spacial score (nSPS) is 19.6. The number of pyridine rings is 2. The molecule has 6 heteroatoms. The molecule has 2 aromatic heterocycles. The third kappa shape index (κ3) is 2.94. The van der Waals surface area contributed by atoms with Gasteiger partial charge in [0, 0.05) is 52.9 Å². The Morgan fingerprint density at radius 1 is 1.18 bits per heavy atom. The molecule has 2 aliphatic heterocycles. The maximum atomic E-state index is 5.05. The molecule has 6 nitrogen and oxygen atoms in total. The average Bonchev–Trinajstić information content (AvgIpc) is 3.43. The van der Waals surface area contributed by atoms with Crippen LogP contribution in [0.5, 0.6) is 0 Å². The number of aliphatic imine (C=N–C) groups is 2. The fraction of sp³-hybridized carbons (Fsp3) is 0.364. The van der Waals surface area contributed by atoms with Crippen LogP contribution in [0.25, 0.3) is 21.7 Å². The summed E-state index contributed by atoms with van der Waals surface area (Å²) in [5, 5.41) is 6.95. The third-order valence-corrected chi connectivity index (χ3v) is 5.81. The van der Waals surface area contributed by atoms with Crippen molar-refractivity contribution in [3.63, 3.8) is 0 Å². The standard InChI is InChI=1S/C22H24N6/c1-2-28-12-4-5-15(28)13-26-22-17-8-9-23-14-19(17)16-6-3-7-18(20(16)27-22)21-24-10-11-25-21/h3,6-10,14-15H,2,4-5,11-13H2,1H3,(H,26,27). The molecular formula is C22H24N6. The first kappa shape index (κ1) is 17.3. The van der Waals surface area contributed by atoms with Crippen molar-refractivity contribution in [2.75, 3.05) is 31.5 Å². The van der Waals surface area contributed by atoms with Gasteiger partial charge in [0.2, 0.25) is 0 Å². The molecule has 0 aliphatic carbocycles. The number of hydrogen-bond donors (Lipinski definition) is 1. The van der Waals surface area contributed by atoms with Gasteiger partial charge in [-0.15, -0.1) is 0 Å². The Hall–Kier alpha value is -2.86. The maximum Gasteiger partial charge on any atom is 0.156 e. The highest BCUT2D eigenvalue weighted by molar-refractivity contribution is 6.18. The molecule has 0 spiro atoms. The van der Waals surface area contributed by atoms with Crippen LogP contribution in [0, 0.1) is 0 Å². The maximum absolute atomic E-state index is 5.05. The summed E-state index contributed by atoms with van der Waals surface area (Å²) in [5.74, 6) is 1.68. The van der Waals surface area contributed by atoms with E-state index in [-0.39, 0.29) is 0 Å². The highest BCUT2D eigenvalue weighted by Crippen LogP contribution is 2.31. The summed E-state index contributed by atoms with van der Waals surface area (Å²) in [6.45, 7) is 6.08. The number of nitrogens with zero attached hydrogens (tertiary/aromatic N) is 5. The highest BCUT2D eigenvalue weighted by atomic mass is 15.2. The van der Waals surface area contributed by atoms with E-state index in [0.717, 1.165) is 52.0 Å². The SMILES string of the molecule is CCN1CCCC1CNc1nc2c(C3=NCC=N3)cccc2c2cnccc12. The third-order valence-electron chi connectivity index (χ3n) is 5.81. The molecule has 0 bridgehead atoms. The predicted molar refractivity (Wildman–Crippen MR) is 116 cm³/mol. The molecule has 0 radical (unpaired) electrons. The number of benzene rings is 1. The molecule has 0 saturated carbocycles. The number of likely N-dealkylation sites (N-methyl/N-ethyl adjacent to an activating group) is 1. The summed E-state index contributed by atoms with van der Waals surface area (Å²) in [5.41, 5.74) is 1.91. The van der Waals surface area contributed by atoms with Crippen LogP contribution in [0.3, 0.4) is 0 Å². The Bertz CT molecular complexity index is 1090. The predicted octanol–water partition coefficient (Wildman–Crippen LogP) is 3.51. The van der Waals surface area contributed by atoms with E-state index in [1.54, 1.807) is 0 Å². The number of aromatic nitrogens is 2. The lowest BCUT2D eigenvalue weighted by Crippen LogP contribution is -2.34. The Morgan fingerprint density at radius 3 is 3.00 bits per heavy atom. The van der Waals surface area contributed by atoms with E-state index >= 15 is 0 Å². The van der Waals surface area contributed by atoms with E-state index < -0.39 is 0 Å². The zero-order valence-corrected chi connectivity index (χ0v) is 16.1. The lowest BCUT2D eigenvalue weighted by molar-refractivity contribution is 0.277. The number of rotatable bonds is 5. The van der Waals surface area contributed by atoms with Crippen LogP contribution in [-0.4, -0.2) is 59.1 Å². The van der Waals surface area contributed by atoms with Gasteiger partial charge in [-0.25, -0.2) is 9.98 Å². The number of amidine groups is 1. The second-order valence-corrected chi connectivity index (χ2v) is 7.36. The summed E-state index contributed by atoms with van der Waals surface area (Å²) in [7, 11) is 0. The van der Waals surface area contributed by atoms with Crippen LogP contribution >= 0.6 is 0 Å². The molecule has 4 heterocycles. The first-order valence-electron chi connectivity index (χ1n) is 10.1. The molecular weight excluding hydrogens is 348 g/mol. The van der Waals surface area contributed by atoms with E-state index in [1.165, 1.54) is 19.4 Å². The van der Waals surface area contributed by atoms with E-state index in [9.17, 15) is 0 Å². The molecule has 3 aromatic rings. The second-order valence-electron chi connectivity index (χ2n) is 7.36. The van der Waals surface area contributed by atoms with Crippen molar-refractivity contribution in [3.05, 3.63) is 42.2 Å². The summed E-state index contributed by atoms with van der Waals surface area (Å²) in [6, 6.07) is 8.83. The average molecular weight is 372 g/mol. The van der Waals surface area contributed by atoms with Gasteiger partial charge < -0.3 is 5.32 Å². The lowest BCUT2D eigenvalue weighted by atomic mass is 10.0. The fourth-order valence-electron chi connectivity index (χ4n) is 4.39. The Balaban J connectivity index is 1.61. The molecule has 2 aliphatic rings. The van der Waals surface area contributed by atoms with Gasteiger partial charge in [0.1, 0.15) is 5.82 Å². The van der Waals surface area contributed by atoms with Gasteiger partial charge in [0.15, 0.2) is 5.84 Å². The summed E-state index contributed by atoms with van der Waals surface area (Å²) < 4.78 is 0. The molecule has 1 atom stereocenters. The number of anilines is 1. The highest BCUT2D eigenvalue weighted by Gasteiger charge is 2.23. The van der Waals surface area contributed by atoms with Crippen molar-refractivity contribution < 1.29 is 0 Å². The van der Waals surface area contributed by atoms with Crippen LogP contribution < -0.4 is 5.32 Å². The minimum absolute atomic E-state index is 0.568. The molecule has 1 aromatic carbocycles. The van der Waals surface area contributed by atoms with Gasteiger partial charge >= 0.3 is 0 Å². The Kier molecular flexibility index (Phi) is 4.49. The fourth-order valence-corrected chi connectivity index (χ4v) is 4.39. The topological polar surface area (TPSA) is 65.8 Å². The van der Waals surface area contributed by atoms with Crippen molar-refractivity contribution in [2.24, 2.45) is 9.98 Å². The van der Waals surface area contributed by atoms with Crippen LogP contribution in [-0.2, 0) is 0 Å². The summed E-state index contributed by atoms with van der Waals surface area (Å²) in [6.07, 6.45) is 8.13. The van der Waals surface area contributed by atoms with E-state index in [0.29, 0.717) is 12.6 Å². The smallest absolute Gasteiger partial charge is 0.156 e. The molecule has 5 rings (SSSR count). The lowest BCUT2D eigenvalue weighted by Gasteiger charge is -2.23. The molecule has 1 N–H and O–H groups in total. The summed E-state index contributed by atoms with van der Waals surface area (Å²) in [4.78, 5) is 20.9. The van der Waals surface area contributed by atoms with E-state index in [4.69, 9.17) is 4.98 Å². The Labute approximate surface area is 164 Å². The van der Waals surface area contributed by atoms with Gasteiger partial charge in [-0.05, 0) is 38.1 Å². The molecule has 142 valence electrons. The van der Waals surface area contributed by atoms with Gasteiger partial charge in [-0.3, -0.25) is 14.9 Å². The molecule has 28 heavy (non-hydrogen) atoms. The van der Waals surface area contributed by atoms with E-state index in [1.807, 2.05) is 30.7 Å². The van der Waals surface area contributed by atoms with Gasteiger partial charge in [-0.1, -0.05) is 19.1 Å². The summed E-state index contributed by atoms with van der Waals surface area (Å²) >= 11 is 0. The van der Waals surface area contributed by atoms with Crippen LogP contribution in [0.15, 0.2) is 46.6 Å². The largest absolute Gasteiger partial charge is 0.368 e. The molecule has 1 saturated heterocycles. The number of fused-ring (bicyclic) bond motifs is 3. The van der Waals surface area contributed by atoms with Gasteiger partial charge in [0.25, 0.3) is 0 Å². The van der Waals surface area contributed by atoms with Crippen LogP contribution in [0.4, 0.5) is 5.82 Å². The second kappa shape index (κ2) is 7.28. The van der Waals surface area contributed by atoms with Crippen molar-refractivity contribution >= 4 is 39.5 Å². The van der Waals surface area contributed by atoms with Crippen molar-refractivity contribution in [3.8, 4) is 0 Å². The number of hydrogen-bond acceptors (Lipinski definition) is 6. The first-order valence-corrected chi connectivity index (χ1v) is 10.1. The zero-order valence-electron chi connectivity index (χ0n) is 16.1. The molecule has 1 unspecified atom stereocenters.